The molecule has 0 aliphatic rings. The van der Waals surface area contributed by atoms with Crippen LogP contribution in [0.25, 0.3) is 16.7 Å². The summed E-state index contributed by atoms with van der Waals surface area (Å²) in [7, 11) is 0. The van der Waals surface area contributed by atoms with E-state index in [1.54, 1.807) is 23.5 Å². The molecule has 0 fully saturated rings. The van der Waals surface area contributed by atoms with Crippen LogP contribution in [0.15, 0.2) is 48.5 Å². The van der Waals surface area contributed by atoms with Crippen molar-refractivity contribution in [3.63, 3.8) is 0 Å². The molecule has 0 saturated heterocycles. The van der Waals surface area contributed by atoms with E-state index in [4.69, 9.17) is 19.8 Å². The minimum atomic E-state index is -5.08. The minimum absolute atomic E-state index is 0.145. The largest absolute Gasteiger partial charge is 0.490 e. The Balaban J connectivity index is 0.000000301. The second-order valence-corrected chi connectivity index (χ2v) is 7.25. The molecule has 3 heterocycles. The van der Waals surface area contributed by atoms with Crippen LogP contribution in [-0.2, 0) is 22.3 Å². The fourth-order valence-corrected chi connectivity index (χ4v) is 3.01. The Labute approximate surface area is 205 Å². The van der Waals surface area contributed by atoms with Gasteiger partial charge in [-0.05, 0) is 30.7 Å². The van der Waals surface area contributed by atoms with Gasteiger partial charge in [-0.2, -0.15) is 39.5 Å². The number of fused-ring (bicyclic) bond motifs is 3. The summed E-state index contributed by atoms with van der Waals surface area (Å²) in [6, 6.07) is 13.6. The summed E-state index contributed by atoms with van der Waals surface area (Å²) in [6.45, 7) is 1.87. The number of halogens is 9. The minimum Gasteiger partial charge on any atom is -0.475 e. The molecule has 0 amide bonds. The van der Waals surface area contributed by atoms with Crippen molar-refractivity contribution in [1.29, 1.82) is 0 Å². The van der Waals surface area contributed by atoms with Gasteiger partial charge in [-0.15, -0.1) is 10.2 Å². The average Bonchev–Trinajstić information content (AvgIpc) is 3.34. The first-order valence-electron chi connectivity index (χ1n) is 9.89. The van der Waals surface area contributed by atoms with E-state index in [9.17, 15) is 39.5 Å². The summed E-state index contributed by atoms with van der Waals surface area (Å²) in [5.74, 6) is -4.96. The lowest BCUT2D eigenvalue weighted by atomic mass is 10.2. The molecule has 38 heavy (non-hydrogen) atoms. The van der Waals surface area contributed by atoms with E-state index in [-0.39, 0.29) is 6.54 Å². The third-order valence-corrected chi connectivity index (χ3v) is 4.56. The number of aryl methyl sites for hydroxylation is 1. The Morgan fingerprint density at radius 1 is 0.789 bits per heavy atom. The maximum Gasteiger partial charge on any atom is 0.490 e. The molecule has 206 valence electrons. The third-order valence-electron chi connectivity index (χ3n) is 4.56. The van der Waals surface area contributed by atoms with Gasteiger partial charge >= 0.3 is 30.5 Å². The van der Waals surface area contributed by atoms with E-state index in [1.165, 1.54) is 10.6 Å². The van der Waals surface area contributed by atoms with Crippen molar-refractivity contribution < 1.29 is 59.3 Å². The molecule has 0 spiro atoms. The molecule has 17 heteroatoms. The first-order chi connectivity index (χ1) is 17.3. The SMILES string of the molecule is Cc1nnc2ccc3c(cc(C(F)(F)F)n3Cc3ccccc3)n12.O=C(O)C(F)(F)F.O=C(O)C(F)(F)F. The quantitative estimate of drug-likeness (QED) is 0.322. The molecule has 4 aromatic rings. The lowest BCUT2D eigenvalue weighted by Crippen LogP contribution is -2.21. The molecule has 4 rings (SSSR count). The third kappa shape index (κ3) is 7.36. The van der Waals surface area contributed by atoms with Gasteiger partial charge in [-0.1, -0.05) is 30.3 Å². The van der Waals surface area contributed by atoms with E-state index in [2.05, 4.69) is 10.2 Å². The van der Waals surface area contributed by atoms with Gasteiger partial charge in [0.25, 0.3) is 0 Å². The number of alkyl halides is 9. The van der Waals surface area contributed by atoms with Crippen molar-refractivity contribution in [1.82, 2.24) is 19.2 Å². The number of nitrogens with zero attached hydrogens (tertiary/aromatic N) is 4. The van der Waals surface area contributed by atoms with Gasteiger partial charge in [0.15, 0.2) is 5.65 Å². The Morgan fingerprint density at radius 2 is 1.29 bits per heavy atom. The molecular weight excluding hydrogens is 543 g/mol. The van der Waals surface area contributed by atoms with Crippen molar-refractivity contribution >= 4 is 28.6 Å². The standard InChI is InChI=1S/C17H13F3N4.2C2HF3O2/c1-11-21-22-16-8-7-13-14(24(11)16)9-15(17(18,19)20)23(13)10-12-5-3-2-4-6-12;2*3-2(4,5)1(6)7/h2-9H,10H2,1H3;2*(H,6,7). The van der Waals surface area contributed by atoms with Gasteiger partial charge in [0.1, 0.15) is 11.5 Å². The molecule has 2 N–H and O–H groups in total. The molecule has 0 radical (unpaired) electrons. The number of carboxylic acid groups (broad SMARTS) is 2. The van der Waals surface area contributed by atoms with Crippen molar-refractivity contribution in [2.75, 3.05) is 0 Å². The van der Waals surface area contributed by atoms with Crippen molar-refractivity contribution in [3.05, 3.63) is 65.6 Å². The van der Waals surface area contributed by atoms with E-state index in [1.807, 2.05) is 30.3 Å². The number of carbonyl (C=O) groups is 2. The van der Waals surface area contributed by atoms with Crippen molar-refractivity contribution in [2.45, 2.75) is 32.0 Å². The number of benzene rings is 1. The maximum atomic E-state index is 13.6. The molecule has 0 unspecified atom stereocenters. The number of hydrogen-bond donors (Lipinski definition) is 2. The molecule has 8 nitrogen and oxygen atoms in total. The zero-order chi connectivity index (χ0) is 29.1. The number of hydrogen-bond acceptors (Lipinski definition) is 4. The number of rotatable bonds is 2. The molecule has 0 bridgehead atoms. The van der Waals surface area contributed by atoms with Crippen molar-refractivity contribution in [3.8, 4) is 0 Å². The van der Waals surface area contributed by atoms with Crippen LogP contribution in [-0.4, -0.2) is 53.7 Å². The van der Waals surface area contributed by atoms with Gasteiger partial charge in [0.2, 0.25) is 0 Å². The van der Waals surface area contributed by atoms with Crippen LogP contribution in [0, 0.1) is 6.92 Å². The normalized spacial score (nSPS) is 11.9. The first kappa shape index (κ1) is 29.9. The molecule has 0 saturated carbocycles. The van der Waals surface area contributed by atoms with Crippen LogP contribution < -0.4 is 0 Å². The van der Waals surface area contributed by atoms with Crippen molar-refractivity contribution in [2.24, 2.45) is 0 Å². The number of aliphatic carboxylic acids is 2. The van der Waals surface area contributed by atoms with Crippen LogP contribution in [0.1, 0.15) is 17.1 Å². The zero-order valence-corrected chi connectivity index (χ0v) is 18.7. The van der Waals surface area contributed by atoms with Gasteiger partial charge in [0.05, 0.1) is 11.0 Å². The van der Waals surface area contributed by atoms with Gasteiger partial charge in [-0.25, -0.2) is 9.59 Å². The number of aromatic nitrogens is 4. The molecule has 1 aromatic carbocycles. The smallest absolute Gasteiger partial charge is 0.475 e. The number of carboxylic acids is 2. The fraction of sp³-hybridized carbons (Fsp3) is 0.238. The Hall–Kier alpha value is -4.31. The Bertz CT molecular complexity index is 1400. The van der Waals surface area contributed by atoms with Crippen LogP contribution in [0.4, 0.5) is 39.5 Å². The summed E-state index contributed by atoms with van der Waals surface area (Å²) in [5, 5.41) is 22.2. The summed E-state index contributed by atoms with van der Waals surface area (Å²) in [6.07, 6.45) is -14.6. The molecule has 3 aromatic heterocycles. The van der Waals surface area contributed by atoms with E-state index in [0.717, 1.165) is 5.56 Å². The Morgan fingerprint density at radius 3 is 1.74 bits per heavy atom. The van der Waals surface area contributed by atoms with Crippen LogP contribution in [0.2, 0.25) is 0 Å². The highest BCUT2D eigenvalue weighted by atomic mass is 19.4. The zero-order valence-electron chi connectivity index (χ0n) is 18.7. The highest BCUT2D eigenvalue weighted by Crippen LogP contribution is 2.35. The lowest BCUT2D eigenvalue weighted by molar-refractivity contribution is -0.193. The predicted molar refractivity (Wildman–Crippen MR) is 111 cm³/mol. The maximum absolute atomic E-state index is 13.6. The summed E-state index contributed by atoms with van der Waals surface area (Å²) >= 11 is 0. The average molecular weight is 558 g/mol. The van der Waals surface area contributed by atoms with E-state index >= 15 is 0 Å². The van der Waals surface area contributed by atoms with Crippen LogP contribution in [0.5, 0.6) is 0 Å². The first-order valence-corrected chi connectivity index (χ1v) is 9.89. The van der Waals surface area contributed by atoms with E-state index in [0.29, 0.717) is 22.5 Å². The van der Waals surface area contributed by atoms with Gasteiger partial charge in [0, 0.05) is 6.54 Å². The second-order valence-electron chi connectivity index (χ2n) is 7.25. The Kier molecular flexibility index (Phi) is 8.64. The summed E-state index contributed by atoms with van der Waals surface area (Å²) < 4.78 is 107. The topological polar surface area (TPSA) is 110 Å². The monoisotopic (exact) mass is 558 g/mol. The predicted octanol–water partition coefficient (Wildman–Crippen LogP) is 5.33. The van der Waals surface area contributed by atoms with Gasteiger partial charge in [-0.3, -0.25) is 4.40 Å². The lowest BCUT2D eigenvalue weighted by Gasteiger charge is -2.13. The highest BCUT2D eigenvalue weighted by molar-refractivity contribution is 5.81. The summed E-state index contributed by atoms with van der Waals surface area (Å²) in [5.41, 5.74) is 1.62. The highest BCUT2D eigenvalue weighted by Gasteiger charge is 2.39. The molecule has 0 aliphatic carbocycles. The molecule has 0 aliphatic heterocycles. The molecular formula is C21H15F9N4O4. The van der Waals surface area contributed by atoms with Crippen LogP contribution in [0.3, 0.4) is 0 Å². The van der Waals surface area contributed by atoms with Crippen LogP contribution >= 0.6 is 0 Å². The summed E-state index contributed by atoms with van der Waals surface area (Å²) in [4.78, 5) is 17.8. The van der Waals surface area contributed by atoms with E-state index < -0.39 is 36.2 Å². The molecule has 0 atom stereocenters. The second kappa shape index (κ2) is 11.0. The number of pyridine rings is 1. The fourth-order valence-electron chi connectivity index (χ4n) is 3.01. The van der Waals surface area contributed by atoms with Gasteiger partial charge < -0.3 is 14.8 Å².